The Morgan fingerprint density at radius 3 is 2.44 bits per heavy atom. The van der Waals surface area contributed by atoms with Crippen LogP contribution in [0.2, 0.25) is 0 Å². The van der Waals surface area contributed by atoms with Gasteiger partial charge < -0.3 is 10.6 Å². The first-order valence-corrected chi connectivity index (χ1v) is 12.7. The van der Waals surface area contributed by atoms with Crippen LogP contribution in [-0.2, 0) is 0 Å². The zero-order valence-corrected chi connectivity index (χ0v) is 20.2. The van der Waals surface area contributed by atoms with Crippen molar-refractivity contribution >= 4 is 29.0 Å². The first kappa shape index (κ1) is 22.9. The number of fused-ring (bicyclic) bond motifs is 1. The van der Waals surface area contributed by atoms with Crippen LogP contribution in [0.25, 0.3) is 0 Å². The summed E-state index contributed by atoms with van der Waals surface area (Å²) in [6.45, 7) is 8.38. The Kier molecular flexibility index (Phi) is 6.61. The largest absolute Gasteiger partial charge is 0.404 e. The van der Waals surface area contributed by atoms with E-state index in [2.05, 4.69) is 52.2 Å². The van der Waals surface area contributed by atoms with Gasteiger partial charge >= 0.3 is 0 Å². The van der Waals surface area contributed by atoms with Crippen LogP contribution in [0, 0.1) is 11.2 Å². The molecule has 1 atom stereocenters. The minimum absolute atomic E-state index is 0.159. The number of nitrogens with two attached hydrogens (primary N) is 1. The predicted octanol–water partition coefficient (Wildman–Crippen LogP) is 6.26. The van der Waals surface area contributed by atoms with Crippen LogP contribution in [0.15, 0.2) is 94.5 Å². The van der Waals surface area contributed by atoms with Crippen LogP contribution in [0.1, 0.15) is 25.7 Å². The van der Waals surface area contributed by atoms with E-state index in [0.29, 0.717) is 0 Å². The molecule has 34 heavy (non-hydrogen) atoms. The molecule has 2 aromatic carbocycles. The molecule has 1 unspecified atom stereocenters. The van der Waals surface area contributed by atoms with Gasteiger partial charge in [-0.15, -0.1) is 6.58 Å². The molecule has 0 bridgehead atoms. The van der Waals surface area contributed by atoms with Crippen molar-refractivity contribution < 1.29 is 4.39 Å². The van der Waals surface area contributed by atoms with E-state index in [1.54, 1.807) is 18.3 Å². The minimum Gasteiger partial charge on any atom is -0.404 e. The number of piperidine rings is 1. The van der Waals surface area contributed by atoms with Crippen molar-refractivity contribution in [2.75, 3.05) is 31.1 Å². The number of hydrogen-bond donors (Lipinski definition) is 1. The lowest BCUT2D eigenvalue weighted by Gasteiger charge is -2.45. The Labute approximate surface area is 205 Å². The molecule has 5 rings (SSSR count). The molecule has 3 aliphatic rings. The highest BCUT2D eigenvalue weighted by atomic mass is 32.2. The van der Waals surface area contributed by atoms with Crippen molar-refractivity contribution in [3.05, 3.63) is 90.4 Å². The Bertz CT molecular complexity index is 1130. The van der Waals surface area contributed by atoms with Gasteiger partial charge in [0.2, 0.25) is 0 Å². The standard InChI is InChI=1S/C28H31FN4S/c1-2-28-18-21(19-30)27(31-24-7-5-23(29)6-8-24)17-22(28)13-16-33(20-28)34-26-11-9-25(10-12-26)32-14-3-4-15-32/h2,5-12,17,19H,1,3-4,13-16,18,20,30H2. The molecule has 176 valence electrons. The summed E-state index contributed by atoms with van der Waals surface area (Å²) >= 11 is 1.82. The summed E-state index contributed by atoms with van der Waals surface area (Å²) in [6, 6.07) is 15.2. The minimum atomic E-state index is -0.262. The average Bonchev–Trinajstić information content (AvgIpc) is 3.41. The molecule has 0 saturated carbocycles. The maximum absolute atomic E-state index is 13.3. The molecule has 0 aromatic heterocycles. The van der Waals surface area contributed by atoms with Gasteiger partial charge in [0, 0.05) is 42.2 Å². The third-order valence-corrected chi connectivity index (χ3v) is 8.14. The van der Waals surface area contributed by atoms with Crippen LogP contribution < -0.4 is 10.6 Å². The molecule has 2 N–H and O–H groups in total. The second-order valence-electron chi connectivity index (χ2n) is 9.26. The summed E-state index contributed by atoms with van der Waals surface area (Å²) in [7, 11) is 0. The number of aliphatic imine (C=N–C) groups is 1. The van der Waals surface area contributed by atoms with Crippen molar-refractivity contribution in [1.82, 2.24) is 4.31 Å². The van der Waals surface area contributed by atoms with E-state index in [1.165, 1.54) is 54.2 Å². The van der Waals surface area contributed by atoms with Crippen LogP contribution in [0.3, 0.4) is 0 Å². The maximum atomic E-state index is 13.3. The predicted molar refractivity (Wildman–Crippen MR) is 141 cm³/mol. The van der Waals surface area contributed by atoms with Crippen molar-refractivity contribution in [1.29, 1.82) is 0 Å². The van der Waals surface area contributed by atoms with Crippen molar-refractivity contribution in [2.45, 2.75) is 30.6 Å². The van der Waals surface area contributed by atoms with Gasteiger partial charge in [-0.25, -0.2) is 13.7 Å². The van der Waals surface area contributed by atoms with Crippen molar-refractivity contribution in [3.8, 4) is 0 Å². The number of nitrogens with zero attached hydrogens (tertiary/aromatic N) is 3. The summed E-state index contributed by atoms with van der Waals surface area (Å²) in [6.07, 6.45) is 10.2. The van der Waals surface area contributed by atoms with Gasteiger partial charge in [0.05, 0.1) is 11.4 Å². The topological polar surface area (TPSA) is 44.9 Å². The third-order valence-electron chi connectivity index (χ3n) is 7.08. The summed E-state index contributed by atoms with van der Waals surface area (Å²) in [4.78, 5) is 8.49. The van der Waals surface area contributed by atoms with E-state index in [4.69, 9.17) is 10.7 Å². The van der Waals surface area contributed by atoms with Crippen LogP contribution in [0.4, 0.5) is 15.8 Å². The number of rotatable bonds is 5. The van der Waals surface area contributed by atoms with Crippen molar-refractivity contribution in [3.63, 3.8) is 0 Å². The zero-order chi connectivity index (χ0) is 23.5. The Morgan fingerprint density at radius 2 is 1.76 bits per heavy atom. The maximum Gasteiger partial charge on any atom is 0.123 e. The fourth-order valence-electron chi connectivity index (χ4n) is 5.15. The van der Waals surface area contributed by atoms with E-state index in [0.717, 1.165) is 42.9 Å². The van der Waals surface area contributed by atoms with E-state index in [-0.39, 0.29) is 11.2 Å². The summed E-state index contributed by atoms with van der Waals surface area (Å²) in [5.41, 5.74) is 11.1. The second-order valence-corrected chi connectivity index (χ2v) is 10.4. The van der Waals surface area contributed by atoms with E-state index >= 15 is 0 Å². The van der Waals surface area contributed by atoms with Gasteiger partial charge in [-0.1, -0.05) is 11.6 Å². The fourth-order valence-corrected chi connectivity index (χ4v) is 6.19. The summed E-state index contributed by atoms with van der Waals surface area (Å²) < 4.78 is 15.7. The summed E-state index contributed by atoms with van der Waals surface area (Å²) in [5, 5.41) is 0. The first-order chi connectivity index (χ1) is 16.6. The van der Waals surface area contributed by atoms with E-state index in [9.17, 15) is 4.39 Å². The molecule has 2 heterocycles. The molecule has 2 aromatic rings. The molecular weight excluding hydrogens is 443 g/mol. The van der Waals surface area contributed by atoms with Crippen LogP contribution in [0.5, 0.6) is 0 Å². The lowest BCUT2D eigenvalue weighted by Crippen LogP contribution is -2.43. The molecule has 2 fully saturated rings. The van der Waals surface area contributed by atoms with Gasteiger partial charge in [-0.3, -0.25) is 0 Å². The highest BCUT2D eigenvalue weighted by Gasteiger charge is 2.41. The van der Waals surface area contributed by atoms with E-state index in [1.807, 2.05) is 11.9 Å². The number of anilines is 1. The fraction of sp³-hybridized carbons (Fsp3) is 0.321. The van der Waals surface area contributed by atoms with Gasteiger partial charge in [-0.2, -0.15) is 0 Å². The van der Waals surface area contributed by atoms with Gasteiger partial charge in [-0.05, 0) is 104 Å². The van der Waals surface area contributed by atoms with Gasteiger partial charge in [0.25, 0.3) is 0 Å². The lowest BCUT2D eigenvalue weighted by molar-refractivity contribution is 0.278. The quantitative estimate of drug-likeness (QED) is 0.411. The molecule has 1 aliphatic carbocycles. The van der Waals surface area contributed by atoms with Crippen LogP contribution in [-0.4, -0.2) is 36.2 Å². The van der Waals surface area contributed by atoms with Crippen LogP contribution >= 0.6 is 11.9 Å². The van der Waals surface area contributed by atoms with E-state index < -0.39 is 0 Å². The second kappa shape index (κ2) is 9.80. The Hall–Kier alpha value is -2.83. The normalized spacial score (nSPS) is 25.4. The monoisotopic (exact) mass is 474 g/mol. The SMILES string of the molecule is C=CC12CC(=CN)C(=Nc3ccc(F)cc3)C=C1CCN(Sc1ccc(N3CCCC3)cc1)C2. The zero-order valence-electron chi connectivity index (χ0n) is 19.4. The number of halogens is 1. The first-order valence-electron chi connectivity index (χ1n) is 12.0. The number of allylic oxidation sites excluding steroid dienone is 2. The smallest absolute Gasteiger partial charge is 0.123 e. The molecule has 2 saturated heterocycles. The molecule has 0 amide bonds. The Morgan fingerprint density at radius 1 is 1.03 bits per heavy atom. The number of benzene rings is 2. The van der Waals surface area contributed by atoms with Gasteiger partial charge in [0.15, 0.2) is 0 Å². The lowest BCUT2D eigenvalue weighted by atomic mass is 9.67. The molecule has 2 aliphatic heterocycles. The summed E-state index contributed by atoms with van der Waals surface area (Å²) in [5.74, 6) is -0.262. The molecular formula is C28H31FN4S. The molecule has 4 nitrogen and oxygen atoms in total. The number of hydrogen-bond acceptors (Lipinski definition) is 5. The molecule has 6 heteroatoms. The third kappa shape index (κ3) is 4.70. The van der Waals surface area contributed by atoms with Gasteiger partial charge in [0.1, 0.15) is 5.82 Å². The average molecular weight is 475 g/mol. The highest BCUT2D eigenvalue weighted by Crippen LogP contribution is 2.47. The molecule has 0 radical (unpaired) electrons. The molecule has 0 spiro atoms. The Balaban J connectivity index is 1.33. The van der Waals surface area contributed by atoms with Crippen molar-refractivity contribution in [2.24, 2.45) is 16.1 Å². The highest BCUT2D eigenvalue weighted by molar-refractivity contribution is 7.97.